The van der Waals surface area contributed by atoms with Gasteiger partial charge in [-0.2, -0.15) is 0 Å². The zero-order chi connectivity index (χ0) is 21.4. The fourth-order valence-corrected chi connectivity index (χ4v) is 5.88. The molecule has 3 amide bonds. The van der Waals surface area contributed by atoms with Crippen molar-refractivity contribution in [2.24, 2.45) is 11.8 Å². The first-order valence-electron chi connectivity index (χ1n) is 11.8. The fourth-order valence-electron chi connectivity index (χ4n) is 5.88. The topological polar surface area (TPSA) is 81.8 Å². The molecule has 0 spiro atoms. The van der Waals surface area contributed by atoms with E-state index < -0.39 is 6.04 Å². The van der Waals surface area contributed by atoms with E-state index in [1.165, 1.54) is 44.3 Å². The van der Waals surface area contributed by atoms with E-state index in [1.54, 1.807) is 4.90 Å². The van der Waals surface area contributed by atoms with Crippen LogP contribution in [0.15, 0.2) is 18.2 Å². The highest BCUT2D eigenvalue weighted by molar-refractivity contribution is 6.05. The second kappa shape index (κ2) is 8.71. The van der Waals surface area contributed by atoms with Crippen molar-refractivity contribution in [3.63, 3.8) is 0 Å². The molecule has 5 rings (SSSR count). The van der Waals surface area contributed by atoms with Gasteiger partial charge in [0.2, 0.25) is 11.8 Å². The van der Waals surface area contributed by atoms with Crippen LogP contribution in [-0.4, -0.2) is 59.7 Å². The summed E-state index contributed by atoms with van der Waals surface area (Å²) < 4.78 is 0. The van der Waals surface area contributed by atoms with Crippen molar-refractivity contribution in [3.8, 4) is 0 Å². The van der Waals surface area contributed by atoms with E-state index in [9.17, 15) is 14.4 Å². The van der Waals surface area contributed by atoms with Gasteiger partial charge in [0.15, 0.2) is 0 Å². The Morgan fingerprint density at radius 3 is 2.42 bits per heavy atom. The second-order valence-electron chi connectivity index (χ2n) is 9.59. The Kier molecular flexibility index (Phi) is 5.80. The van der Waals surface area contributed by atoms with Gasteiger partial charge >= 0.3 is 0 Å². The molecule has 0 saturated carbocycles. The summed E-state index contributed by atoms with van der Waals surface area (Å²) in [5.41, 5.74) is 2.92. The lowest BCUT2D eigenvalue weighted by Crippen LogP contribution is -2.52. The molecule has 1 atom stereocenters. The maximum Gasteiger partial charge on any atom is 0.255 e. The predicted octanol–water partition coefficient (Wildman–Crippen LogP) is 1.66. The van der Waals surface area contributed by atoms with Gasteiger partial charge < -0.3 is 10.2 Å². The Morgan fingerprint density at radius 2 is 1.68 bits per heavy atom. The number of imide groups is 1. The van der Waals surface area contributed by atoms with Gasteiger partial charge in [-0.3, -0.25) is 24.6 Å². The van der Waals surface area contributed by atoms with Crippen LogP contribution in [0.4, 0.5) is 0 Å². The number of rotatable bonds is 4. The maximum absolute atomic E-state index is 12.9. The van der Waals surface area contributed by atoms with Crippen molar-refractivity contribution in [3.05, 3.63) is 34.9 Å². The van der Waals surface area contributed by atoms with Crippen LogP contribution in [0.2, 0.25) is 0 Å². The third kappa shape index (κ3) is 4.26. The molecule has 0 aromatic heterocycles. The molecule has 2 N–H and O–H groups in total. The summed E-state index contributed by atoms with van der Waals surface area (Å²) in [5.74, 6) is 1.07. The third-order valence-electron chi connectivity index (χ3n) is 7.68. The molecule has 1 unspecified atom stereocenters. The zero-order valence-corrected chi connectivity index (χ0v) is 18.1. The number of likely N-dealkylation sites (tertiary alicyclic amines) is 1. The smallest absolute Gasteiger partial charge is 0.255 e. The Balaban J connectivity index is 1.19. The molecule has 7 nitrogen and oxygen atoms in total. The maximum atomic E-state index is 12.9. The molecule has 7 heteroatoms. The van der Waals surface area contributed by atoms with Crippen molar-refractivity contribution in [1.29, 1.82) is 0 Å². The highest BCUT2D eigenvalue weighted by Crippen LogP contribution is 2.32. The third-order valence-corrected chi connectivity index (χ3v) is 7.68. The SMILES string of the molecule is O=C1CCC(N2Cc3cc(CN4CCC(C5CCNCC5)CC4)ccc3C2=O)C(=O)N1. The van der Waals surface area contributed by atoms with Crippen LogP contribution in [0.25, 0.3) is 0 Å². The molecule has 1 aromatic rings. The lowest BCUT2D eigenvalue weighted by molar-refractivity contribution is -0.136. The highest BCUT2D eigenvalue weighted by atomic mass is 16.2. The monoisotopic (exact) mass is 424 g/mol. The minimum Gasteiger partial charge on any atom is -0.322 e. The summed E-state index contributed by atoms with van der Waals surface area (Å²) in [5, 5.41) is 5.84. The van der Waals surface area contributed by atoms with E-state index in [0.717, 1.165) is 37.0 Å². The molecule has 4 heterocycles. The number of nitrogens with zero attached hydrogens (tertiary/aromatic N) is 2. The van der Waals surface area contributed by atoms with Gasteiger partial charge in [-0.25, -0.2) is 0 Å². The van der Waals surface area contributed by atoms with Gasteiger partial charge in [-0.1, -0.05) is 12.1 Å². The minimum absolute atomic E-state index is 0.0983. The first-order valence-corrected chi connectivity index (χ1v) is 11.8. The van der Waals surface area contributed by atoms with E-state index in [1.807, 2.05) is 6.07 Å². The fraction of sp³-hybridized carbons (Fsp3) is 0.625. The van der Waals surface area contributed by atoms with Gasteiger partial charge in [0.25, 0.3) is 5.91 Å². The molecular formula is C24H32N4O3. The number of hydrogen-bond donors (Lipinski definition) is 2. The molecule has 3 saturated heterocycles. The Bertz CT molecular complexity index is 872. The molecule has 1 aromatic carbocycles. The van der Waals surface area contributed by atoms with Gasteiger partial charge in [-0.05, 0) is 87.3 Å². The van der Waals surface area contributed by atoms with Crippen molar-refractivity contribution >= 4 is 17.7 Å². The van der Waals surface area contributed by atoms with Crippen LogP contribution in [0.1, 0.15) is 60.0 Å². The molecule has 0 aliphatic carbocycles. The van der Waals surface area contributed by atoms with E-state index in [-0.39, 0.29) is 24.1 Å². The van der Waals surface area contributed by atoms with Crippen molar-refractivity contribution < 1.29 is 14.4 Å². The zero-order valence-electron chi connectivity index (χ0n) is 18.1. The summed E-state index contributed by atoms with van der Waals surface area (Å²) in [6.45, 7) is 6.01. The summed E-state index contributed by atoms with van der Waals surface area (Å²) in [6, 6.07) is 5.57. The van der Waals surface area contributed by atoms with E-state index in [2.05, 4.69) is 27.7 Å². The quantitative estimate of drug-likeness (QED) is 0.719. The molecule has 166 valence electrons. The van der Waals surface area contributed by atoms with Gasteiger partial charge in [0, 0.05) is 25.1 Å². The van der Waals surface area contributed by atoms with Gasteiger partial charge in [0.1, 0.15) is 6.04 Å². The number of fused-ring (bicyclic) bond motifs is 1. The number of piperidine rings is 3. The highest BCUT2D eigenvalue weighted by Gasteiger charge is 2.39. The van der Waals surface area contributed by atoms with Crippen LogP contribution in [0.3, 0.4) is 0 Å². The average molecular weight is 425 g/mol. The number of amides is 3. The normalized spacial score (nSPS) is 26.3. The van der Waals surface area contributed by atoms with Crippen LogP contribution in [0, 0.1) is 11.8 Å². The summed E-state index contributed by atoms with van der Waals surface area (Å²) in [4.78, 5) is 40.7. The first-order chi connectivity index (χ1) is 15.1. The number of nitrogens with one attached hydrogen (secondary N) is 2. The van der Waals surface area contributed by atoms with Crippen molar-refractivity contribution in [2.75, 3.05) is 26.2 Å². The Hall–Kier alpha value is -2.25. The van der Waals surface area contributed by atoms with Crippen molar-refractivity contribution in [2.45, 2.75) is 57.7 Å². The molecule has 4 aliphatic heterocycles. The second-order valence-corrected chi connectivity index (χ2v) is 9.59. The molecule has 4 aliphatic rings. The number of carbonyl (C=O) groups is 3. The molecule has 3 fully saturated rings. The van der Waals surface area contributed by atoms with E-state index >= 15 is 0 Å². The van der Waals surface area contributed by atoms with E-state index in [0.29, 0.717) is 18.5 Å². The van der Waals surface area contributed by atoms with Crippen LogP contribution >= 0.6 is 0 Å². The Labute approximate surface area is 183 Å². The molecule has 31 heavy (non-hydrogen) atoms. The number of benzene rings is 1. The standard InChI is InChI=1S/C24H32N4O3/c29-22-4-3-21(23(30)26-22)28-15-19-13-16(1-2-20(19)24(28)31)14-27-11-7-18(8-12-27)17-5-9-25-10-6-17/h1-2,13,17-18,21,25H,3-12,14-15H2,(H,26,29,30). The summed E-state index contributed by atoms with van der Waals surface area (Å²) in [7, 11) is 0. The minimum atomic E-state index is -0.546. The van der Waals surface area contributed by atoms with E-state index in [4.69, 9.17) is 0 Å². The largest absolute Gasteiger partial charge is 0.322 e. The van der Waals surface area contributed by atoms with Gasteiger partial charge in [-0.15, -0.1) is 0 Å². The molecule has 0 bridgehead atoms. The van der Waals surface area contributed by atoms with Crippen LogP contribution < -0.4 is 10.6 Å². The lowest BCUT2D eigenvalue weighted by Gasteiger charge is -2.37. The first kappa shape index (κ1) is 20.6. The van der Waals surface area contributed by atoms with Crippen LogP contribution in [0.5, 0.6) is 0 Å². The number of carbonyl (C=O) groups excluding carboxylic acids is 3. The average Bonchev–Trinajstić information content (AvgIpc) is 3.10. The Morgan fingerprint density at radius 1 is 0.935 bits per heavy atom. The lowest BCUT2D eigenvalue weighted by atomic mass is 9.79. The summed E-state index contributed by atoms with van der Waals surface area (Å²) in [6.07, 6.45) is 5.92. The van der Waals surface area contributed by atoms with Gasteiger partial charge in [0.05, 0.1) is 0 Å². The summed E-state index contributed by atoms with van der Waals surface area (Å²) >= 11 is 0. The number of hydrogen-bond acceptors (Lipinski definition) is 5. The molecular weight excluding hydrogens is 392 g/mol. The van der Waals surface area contributed by atoms with Crippen molar-refractivity contribution in [1.82, 2.24) is 20.4 Å². The predicted molar refractivity (Wildman–Crippen MR) is 116 cm³/mol. The van der Waals surface area contributed by atoms with Crippen LogP contribution in [-0.2, 0) is 22.7 Å². The molecule has 0 radical (unpaired) electrons.